The summed E-state index contributed by atoms with van der Waals surface area (Å²) >= 11 is 0.952. The number of fused-ring (bicyclic) bond motifs is 1. The van der Waals surface area contributed by atoms with Crippen LogP contribution in [0.4, 0.5) is 5.82 Å². The Hall–Kier alpha value is -1.70. The SMILES string of the molecule is C=CC(=O)SCCNC(=O)CCNC(=O)[C@@H](O)C(C)(C)COP(=O)(O)OP(=O)(O)OC[C@H]1O[C@@H](n2cnc3c(N)ncnc32)[C@H](O)[C@@H]1OP(=O)(O)O.[Na]. The second-order valence-corrected chi connectivity index (χ2v) is 16.8. The van der Waals surface area contributed by atoms with Crippen LogP contribution in [0.3, 0.4) is 0 Å². The second-order valence-electron chi connectivity index (χ2n) is 11.4. The van der Waals surface area contributed by atoms with Crippen molar-refractivity contribution in [2.24, 2.45) is 5.41 Å². The monoisotopic (exact) mass is 844 g/mol. The van der Waals surface area contributed by atoms with Crippen molar-refractivity contribution >= 4 is 98.7 Å². The minimum Gasteiger partial charge on any atom is -0.386 e. The third-order valence-corrected chi connectivity index (χ3v) is 10.9. The number of aromatic nitrogens is 4. The zero-order chi connectivity index (χ0) is 39.1. The average Bonchev–Trinajstić information content (AvgIpc) is 3.60. The van der Waals surface area contributed by atoms with Crippen molar-refractivity contribution in [2.75, 3.05) is 37.8 Å². The summed E-state index contributed by atoms with van der Waals surface area (Å²) in [5, 5.41) is 25.9. The van der Waals surface area contributed by atoms with Crippen molar-refractivity contribution in [1.82, 2.24) is 30.2 Å². The number of nitrogen functional groups attached to an aromatic ring is 1. The molecule has 293 valence electrons. The maximum atomic E-state index is 12.6. The summed E-state index contributed by atoms with van der Waals surface area (Å²) in [6, 6.07) is 0. The average molecular weight is 845 g/mol. The van der Waals surface area contributed by atoms with Crippen LogP contribution in [0.25, 0.3) is 11.2 Å². The summed E-state index contributed by atoms with van der Waals surface area (Å²) in [7, 11) is -16.4. The van der Waals surface area contributed by atoms with Crippen molar-refractivity contribution in [3.8, 4) is 0 Å². The number of nitrogens with one attached hydrogen (secondary N) is 2. The number of nitrogens with two attached hydrogens (primary N) is 1. The molecule has 10 N–H and O–H groups in total. The van der Waals surface area contributed by atoms with Crippen LogP contribution in [0, 0.1) is 5.41 Å². The fourth-order valence-electron chi connectivity index (χ4n) is 4.34. The van der Waals surface area contributed by atoms with E-state index in [0.29, 0.717) is 5.75 Å². The van der Waals surface area contributed by atoms with Gasteiger partial charge in [0.05, 0.1) is 19.5 Å². The van der Waals surface area contributed by atoms with E-state index in [0.717, 1.165) is 35.1 Å². The molecule has 1 saturated heterocycles. The largest absolute Gasteiger partial charge is 0.481 e. The number of aliphatic hydroxyl groups is 2. The van der Waals surface area contributed by atoms with Crippen molar-refractivity contribution in [2.45, 2.75) is 50.9 Å². The van der Waals surface area contributed by atoms with Crippen LogP contribution in [-0.4, -0.2) is 152 Å². The van der Waals surface area contributed by atoms with Gasteiger partial charge in [-0.1, -0.05) is 32.2 Å². The third kappa shape index (κ3) is 14.4. The quantitative estimate of drug-likeness (QED) is 0.0316. The Labute approximate surface area is 327 Å². The van der Waals surface area contributed by atoms with Gasteiger partial charge >= 0.3 is 23.5 Å². The number of thioether (sulfide) groups is 1. The van der Waals surface area contributed by atoms with E-state index >= 15 is 0 Å². The van der Waals surface area contributed by atoms with Gasteiger partial charge in [-0.3, -0.25) is 32.5 Å². The second kappa shape index (κ2) is 19.9. The molecule has 3 rings (SSSR count). The fraction of sp³-hybridized carbons (Fsp3) is 0.583. The van der Waals surface area contributed by atoms with E-state index in [2.05, 4.69) is 41.0 Å². The van der Waals surface area contributed by atoms with Crippen LogP contribution >= 0.6 is 35.2 Å². The van der Waals surface area contributed by atoms with Gasteiger partial charge in [0.25, 0.3) is 0 Å². The minimum absolute atomic E-state index is 0. The van der Waals surface area contributed by atoms with E-state index in [1.54, 1.807) is 0 Å². The molecule has 3 heterocycles. The maximum absolute atomic E-state index is 12.6. The molecule has 2 unspecified atom stereocenters. The Morgan fingerprint density at radius 1 is 1.11 bits per heavy atom. The van der Waals surface area contributed by atoms with Gasteiger partial charge in [0, 0.05) is 60.2 Å². The van der Waals surface area contributed by atoms with Gasteiger partial charge in [0.2, 0.25) is 16.9 Å². The third-order valence-electron chi connectivity index (χ3n) is 6.91. The Kier molecular flexibility index (Phi) is 17.9. The van der Waals surface area contributed by atoms with Gasteiger partial charge in [0.1, 0.15) is 36.3 Å². The summed E-state index contributed by atoms with van der Waals surface area (Å²) in [6.07, 6.45) is -5.79. The van der Waals surface area contributed by atoms with Crippen LogP contribution < -0.4 is 16.4 Å². The van der Waals surface area contributed by atoms with Crippen molar-refractivity contribution in [1.29, 1.82) is 0 Å². The molecule has 1 radical (unpaired) electrons. The molecule has 7 atom stereocenters. The van der Waals surface area contributed by atoms with E-state index in [4.69, 9.17) is 19.5 Å². The summed E-state index contributed by atoms with van der Waals surface area (Å²) in [5.41, 5.74) is 4.25. The number of anilines is 1. The van der Waals surface area contributed by atoms with Crippen LogP contribution in [0.1, 0.15) is 26.5 Å². The number of phosphoric ester groups is 3. The predicted molar refractivity (Wildman–Crippen MR) is 183 cm³/mol. The molecular weight excluding hydrogens is 806 g/mol. The normalized spacial score (nSPS) is 21.9. The molecule has 0 aromatic carbocycles. The van der Waals surface area contributed by atoms with Crippen LogP contribution in [-0.2, 0) is 50.7 Å². The van der Waals surface area contributed by atoms with Crippen LogP contribution in [0.15, 0.2) is 25.3 Å². The van der Waals surface area contributed by atoms with Crippen LogP contribution in [0.5, 0.6) is 0 Å². The van der Waals surface area contributed by atoms with E-state index in [9.17, 15) is 57.9 Å². The molecule has 2 aromatic rings. The Bertz CT molecular complexity index is 1770. The van der Waals surface area contributed by atoms with Gasteiger partial charge in [-0.05, 0) is 6.08 Å². The Balaban J connectivity index is 0.00000972. The maximum Gasteiger partial charge on any atom is 0.481 e. The van der Waals surface area contributed by atoms with E-state index in [1.165, 1.54) is 13.8 Å². The van der Waals surface area contributed by atoms with Gasteiger partial charge < -0.3 is 50.9 Å². The number of nitrogens with zero attached hydrogens (tertiary/aromatic N) is 4. The summed E-state index contributed by atoms with van der Waals surface area (Å²) in [4.78, 5) is 86.3. The molecule has 0 aliphatic carbocycles. The number of hydrogen-bond donors (Lipinski definition) is 9. The molecule has 29 heteroatoms. The number of imidazole rings is 1. The van der Waals surface area contributed by atoms with Gasteiger partial charge in [-0.25, -0.2) is 28.6 Å². The number of rotatable bonds is 20. The molecule has 24 nitrogen and oxygen atoms in total. The zero-order valence-corrected chi connectivity index (χ0v) is 33.9. The standard InChI is InChI=1S/C24H38N7O17P3S.Na/c1-4-15(33)52-8-7-26-14(32)5-6-27-22(36)19(35)24(2,3)10-45-51(42,43)48-50(40,41)44-9-13-18(47-49(37,38)39)17(34)23(46-13)31-12-30-16-20(25)28-11-29-21(16)31;/h4,11-13,17-19,23,34-35H,1,5-10H2,2-3H3,(H,26,32)(H,27,36)(H,40,41)(H,42,43)(H2,25,28,29)(H2,37,38,39);/t13-,17-,18-,19-,23-;/m1./s1. The van der Waals surface area contributed by atoms with Gasteiger partial charge in [-0.15, -0.1) is 0 Å². The number of ether oxygens (including phenoxy) is 1. The fourth-order valence-corrected chi connectivity index (χ4v) is 7.69. The number of hydrogen-bond acceptors (Lipinski definition) is 18. The van der Waals surface area contributed by atoms with E-state index < -0.39 is 84.6 Å². The summed E-state index contributed by atoms with van der Waals surface area (Å²) in [6.45, 7) is 3.77. The molecule has 0 bridgehead atoms. The molecule has 1 aliphatic heterocycles. The number of phosphoric acid groups is 3. The first-order chi connectivity index (χ1) is 24.1. The predicted octanol–water partition coefficient (Wildman–Crippen LogP) is -1.53. The molecule has 1 aliphatic rings. The van der Waals surface area contributed by atoms with Crippen molar-refractivity contribution < 1.29 is 80.5 Å². The first-order valence-corrected chi connectivity index (χ1v) is 20.2. The van der Waals surface area contributed by atoms with Gasteiger partial charge in [0.15, 0.2) is 17.7 Å². The summed E-state index contributed by atoms with van der Waals surface area (Å²) < 4.78 is 61.9. The number of carbonyl (C=O) groups is 3. The topological polar surface area (TPSA) is 364 Å². The molecule has 0 saturated carbocycles. The summed E-state index contributed by atoms with van der Waals surface area (Å²) in [5.74, 6) is -1.18. The number of carbonyl (C=O) groups excluding carboxylic acids is 3. The first kappa shape index (κ1) is 47.5. The van der Waals surface area contributed by atoms with Crippen molar-refractivity contribution in [3.05, 3.63) is 25.3 Å². The van der Waals surface area contributed by atoms with Crippen LogP contribution in [0.2, 0.25) is 0 Å². The van der Waals surface area contributed by atoms with E-state index in [-0.39, 0.29) is 71.2 Å². The molecule has 1 fully saturated rings. The molecule has 2 aromatic heterocycles. The molecular formula is C24H38N7NaO17P3S. The smallest absolute Gasteiger partial charge is 0.386 e. The van der Waals surface area contributed by atoms with Gasteiger partial charge in [-0.2, -0.15) is 4.31 Å². The number of aliphatic hydroxyl groups excluding tert-OH is 2. The Morgan fingerprint density at radius 2 is 1.77 bits per heavy atom. The van der Waals surface area contributed by atoms with E-state index in [1.807, 2.05) is 0 Å². The Morgan fingerprint density at radius 3 is 2.42 bits per heavy atom. The van der Waals surface area contributed by atoms with Crippen molar-refractivity contribution in [3.63, 3.8) is 0 Å². The molecule has 0 spiro atoms. The zero-order valence-electron chi connectivity index (χ0n) is 28.4. The molecule has 2 amide bonds. The number of amides is 2. The first-order valence-electron chi connectivity index (χ1n) is 14.7. The minimum atomic E-state index is -5.56. The molecule has 53 heavy (non-hydrogen) atoms.